The van der Waals surface area contributed by atoms with Gasteiger partial charge in [0.05, 0.1) is 11.6 Å². The topological polar surface area (TPSA) is 18.5 Å². The van der Waals surface area contributed by atoms with Gasteiger partial charge in [0, 0.05) is 17.5 Å². The number of ether oxygens (including phenoxy) is 2. The Morgan fingerprint density at radius 3 is 2.22 bits per heavy atom. The number of hydrogen-bond acceptors (Lipinski definition) is 2. The van der Waals surface area contributed by atoms with Crippen LogP contribution in [0.1, 0.15) is 12.5 Å². The van der Waals surface area contributed by atoms with Crippen LogP contribution in [-0.2, 0) is 6.11 Å². The number of benzene rings is 3. The van der Waals surface area contributed by atoms with Crippen molar-refractivity contribution in [3.05, 3.63) is 70.5 Å². The highest BCUT2D eigenvalue weighted by atomic mass is 35.5. The van der Waals surface area contributed by atoms with Gasteiger partial charge >= 0.3 is 6.11 Å². The van der Waals surface area contributed by atoms with Gasteiger partial charge in [-0.25, -0.2) is 13.2 Å². The quantitative estimate of drug-likeness (QED) is 0.457. The van der Waals surface area contributed by atoms with E-state index in [2.05, 4.69) is 4.74 Å². The molecule has 0 bridgehead atoms. The Kier molecular flexibility index (Phi) is 5.15. The number of halogens is 6. The maximum atomic E-state index is 14.4. The number of fused-ring (bicyclic) bond motifs is 1. The molecule has 0 aromatic heterocycles. The standard InChI is InChI=1S/C19H12ClF5O2/c1-2-26-12-8-15(21)17(16(22)9-12)19(24,25)27-11-4-5-13-10(7-11)3-6-14(20)18(13)23/h3-9H,2H2,1H3. The van der Waals surface area contributed by atoms with Crippen LogP contribution in [0.5, 0.6) is 11.5 Å². The van der Waals surface area contributed by atoms with Gasteiger partial charge in [0.25, 0.3) is 0 Å². The van der Waals surface area contributed by atoms with Gasteiger partial charge in [-0.15, -0.1) is 0 Å². The number of alkyl halides is 2. The summed E-state index contributed by atoms with van der Waals surface area (Å²) in [7, 11) is 0. The largest absolute Gasteiger partial charge is 0.494 e. The van der Waals surface area contributed by atoms with Crippen LogP contribution in [0.3, 0.4) is 0 Å². The Balaban J connectivity index is 1.97. The molecule has 0 aliphatic heterocycles. The second-order valence-electron chi connectivity index (χ2n) is 5.56. The minimum atomic E-state index is -4.31. The molecule has 0 aliphatic carbocycles. The maximum absolute atomic E-state index is 14.4. The molecule has 0 atom stereocenters. The molecule has 0 aliphatic rings. The lowest BCUT2D eigenvalue weighted by atomic mass is 10.1. The highest BCUT2D eigenvalue weighted by molar-refractivity contribution is 6.31. The van der Waals surface area contributed by atoms with Crippen LogP contribution in [0.25, 0.3) is 10.8 Å². The van der Waals surface area contributed by atoms with Crippen molar-refractivity contribution >= 4 is 22.4 Å². The molecule has 27 heavy (non-hydrogen) atoms. The fourth-order valence-electron chi connectivity index (χ4n) is 2.58. The zero-order valence-electron chi connectivity index (χ0n) is 13.8. The normalized spacial score (nSPS) is 11.7. The van der Waals surface area contributed by atoms with Crippen LogP contribution in [0, 0.1) is 17.5 Å². The fraction of sp³-hybridized carbons (Fsp3) is 0.158. The zero-order valence-corrected chi connectivity index (χ0v) is 14.6. The first-order valence-corrected chi connectivity index (χ1v) is 8.17. The van der Waals surface area contributed by atoms with Crippen LogP contribution in [-0.4, -0.2) is 6.61 Å². The van der Waals surface area contributed by atoms with E-state index in [4.69, 9.17) is 16.3 Å². The Hall–Kier alpha value is -2.54. The Labute approximate surface area is 156 Å². The Morgan fingerprint density at radius 1 is 0.926 bits per heavy atom. The molecule has 0 radical (unpaired) electrons. The Bertz CT molecular complexity index is 984. The van der Waals surface area contributed by atoms with Crippen LogP contribution in [0.15, 0.2) is 42.5 Å². The van der Waals surface area contributed by atoms with E-state index in [-0.39, 0.29) is 28.2 Å². The third kappa shape index (κ3) is 3.78. The van der Waals surface area contributed by atoms with Crippen molar-refractivity contribution in [2.45, 2.75) is 13.0 Å². The predicted octanol–water partition coefficient (Wildman–Crippen LogP) is 6.44. The summed E-state index contributed by atoms with van der Waals surface area (Å²) in [5, 5.41) is 0.203. The van der Waals surface area contributed by atoms with E-state index in [1.807, 2.05) is 0 Å². The average Bonchev–Trinajstić information content (AvgIpc) is 2.57. The fourth-order valence-corrected chi connectivity index (χ4v) is 2.75. The summed E-state index contributed by atoms with van der Waals surface area (Å²) >= 11 is 5.66. The lowest BCUT2D eigenvalue weighted by Gasteiger charge is -2.20. The molecule has 8 heteroatoms. The zero-order chi connectivity index (χ0) is 19.8. The first-order valence-electron chi connectivity index (χ1n) is 7.80. The second-order valence-corrected chi connectivity index (χ2v) is 5.97. The van der Waals surface area contributed by atoms with Crippen LogP contribution < -0.4 is 9.47 Å². The molecule has 3 rings (SSSR count). The van der Waals surface area contributed by atoms with Crippen molar-refractivity contribution in [3.8, 4) is 11.5 Å². The van der Waals surface area contributed by atoms with Crippen molar-refractivity contribution in [1.82, 2.24) is 0 Å². The minimum absolute atomic E-state index is 0.0941. The van der Waals surface area contributed by atoms with Gasteiger partial charge in [-0.05, 0) is 36.6 Å². The molecule has 2 nitrogen and oxygen atoms in total. The smallest absolute Gasteiger partial charge is 0.432 e. The SMILES string of the molecule is CCOc1cc(F)c(C(F)(F)Oc2ccc3c(F)c(Cl)ccc3c2)c(F)c1. The number of hydrogen-bond donors (Lipinski definition) is 0. The van der Waals surface area contributed by atoms with Crippen LogP contribution in [0.2, 0.25) is 5.02 Å². The van der Waals surface area contributed by atoms with E-state index in [9.17, 15) is 22.0 Å². The molecule has 0 heterocycles. The minimum Gasteiger partial charge on any atom is -0.494 e. The molecule has 0 N–H and O–H groups in total. The average molecular weight is 403 g/mol. The first-order chi connectivity index (χ1) is 12.7. The summed E-state index contributed by atoms with van der Waals surface area (Å²) in [6.45, 7) is 1.69. The summed E-state index contributed by atoms with van der Waals surface area (Å²) in [6.07, 6.45) is -4.31. The Morgan fingerprint density at radius 2 is 1.59 bits per heavy atom. The third-order valence-electron chi connectivity index (χ3n) is 3.74. The lowest BCUT2D eigenvalue weighted by Crippen LogP contribution is -2.25. The molecule has 0 amide bonds. The summed E-state index contributed by atoms with van der Waals surface area (Å²) in [5.74, 6) is -4.35. The van der Waals surface area contributed by atoms with Crippen molar-refractivity contribution in [2.24, 2.45) is 0 Å². The van der Waals surface area contributed by atoms with E-state index in [0.29, 0.717) is 12.1 Å². The molecular weight excluding hydrogens is 391 g/mol. The van der Waals surface area contributed by atoms with E-state index >= 15 is 0 Å². The van der Waals surface area contributed by atoms with Gasteiger partial charge in [-0.2, -0.15) is 8.78 Å². The van der Waals surface area contributed by atoms with Gasteiger partial charge in [-0.1, -0.05) is 17.7 Å². The van der Waals surface area contributed by atoms with E-state index < -0.39 is 34.9 Å². The maximum Gasteiger partial charge on any atom is 0.432 e. The molecule has 0 unspecified atom stereocenters. The van der Waals surface area contributed by atoms with Crippen molar-refractivity contribution in [1.29, 1.82) is 0 Å². The summed E-state index contributed by atoms with van der Waals surface area (Å²) in [5.41, 5.74) is -1.55. The second kappa shape index (κ2) is 7.23. The monoisotopic (exact) mass is 402 g/mol. The molecule has 3 aromatic carbocycles. The lowest BCUT2D eigenvalue weighted by molar-refractivity contribution is -0.189. The van der Waals surface area contributed by atoms with Gasteiger partial charge in [0.2, 0.25) is 0 Å². The van der Waals surface area contributed by atoms with Crippen LogP contribution >= 0.6 is 11.6 Å². The van der Waals surface area contributed by atoms with Crippen molar-refractivity contribution in [3.63, 3.8) is 0 Å². The summed E-state index contributed by atoms with van der Waals surface area (Å²) in [4.78, 5) is 0. The van der Waals surface area contributed by atoms with Gasteiger partial charge < -0.3 is 9.47 Å². The molecule has 142 valence electrons. The van der Waals surface area contributed by atoms with Crippen molar-refractivity contribution in [2.75, 3.05) is 6.61 Å². The third-order valence-corrected chi connectivity index (χ3v) is 4.03. The van der Waals surface area contributed by atoms with E-state index in [1.165, 1.54) is 18.2 Å². The highest BCUT2D eigenvalue weighted by Crippen LogP contribution is 2.37. The predicted molar refractivity (Wildman–Crippen MR) is 91.0 cm³/mol. The van der Waals surface area contributed by atoms with E-state index in [0.717, 1.165) is 12.1 Å². The number of rotatable bonds is 5. The molecule has 0 spiro atoms. The first kappa shape index (κ1) is 19.2. The molecular formula is C19H12ClF5O2. The summed E-state index contributed by atoms with van der Waals surface area (Å²) < 4.78 is 80.2. The molecule has 0 saturated heterocycles. The van der Waals surface area contributed by atoms with Gasteiger partial charge in [0.1, 0.15) is 34.5 Å². The highest BCUT2D eigenvalue weighted by Gasteiger charge is 2.41. The molecule has 3 aromatic rings. The summed E-state index contributed by atoms with van der Waals surface area (Å²) in [6, 6.07) is 7.32. The van der Waals surface area contributed by atoms with Gasteiger partial charge in [-0.3, -0.25) is 0 Å². The molecule has 0 saturated carbocycles. The molecule has 0 fully saturated rings. The van der Waals surface area contributed by atoms with E-state index in [1.54, 1.807) is 6.92 Å². The van der Waals surface area contributed by atoms with Gasteiger partial charge in [0.15, 0.2) is 0 Å². The van der Waals surface area contributed by atoms with Crippen molar-refractivity contribution < 1.29 is 31.4 Å². The van der Waals surface area contributed by atoms with Crippen LogP contribution in [0.4, 0.5) is 22.0 Å².